The Morgan fingerprint density at radius 2 is 2.00 bits per heavy atom. The largest absolute Gasteiger partial charge is 0.307 e. The summed E-state index contributed by atoms with van der Waals surface area (Å²) in [6, 6.07) is 0. The van der Waals surface area contributed by atoms with Crippen molar-refractivity contribution >= 4 is 34.6 Å². The van der Waals surface area contributed by atoms with Crippen LogP contribution in [0.4, 0.5) is 0 Å². The van der Waals surface area contributed by atoms with Gasteiger partial charge in [-0.25, -0.2) is 0 Å². The first-order valence-corrected chi connectivity index (χ1v) is 6.80. The van der Waals surface area contributed by atoms with Gasteiger partial charge in [-0.1, -0.05) is 18.2 Å². The van der Waals surface area contributed by atoms with Crippen LogP contribution < -0.4 is 0 Å². The Hall–Kier alpha value is 0.480. The van der Waals surface area contributed by atoms with E-state index in [0.29, 0.717) is 6.16 Å². The number of carbonyl (C=O) groups is 1. The summed E-state index contributed by atoms with van der Waals surface area (Å²) in [6.45, 7) is -0.679. The van der Waals surface area contributed by atoms with E-state index >= 15 is 0 Å². The number of rotatable bonds is 5. The first-order chi connectivity index (χ1) is 4.98. The maximum absolute atomic E-state index is 11.3. The normalized spacial score (nSPS) is 15.9. The third-order valence-electron chi connectivity index (χ3n) is 1.20. The third-order valence-corrected chi connectivity index (χ3v) is 4.41. The molecule has 0 aromatic heterocycles. The zero-order valence-corrected chi connectivity index (χ0v) is 8.75. The predicted molar refractivity (Wildman–Crippen MR) is 49.0 cm³/mol. The molecule has 0 bridgehead atoms. The highest BCUT2D eigenvalue weighted by molar-refractivity contribution is 7.89. The van der Waals surface area contributed by atoms with Gasteiger partial charge in [-0.3, -0.25) is 4.79 Å². The summed E-state index contributed by atoms with van der Waals surface area (Å²) in [4.78, 5) is 10.3. The highest BCUT2D eigenvalue weighted by Gasteiger charge is 2.17. The summed E-state index contributed by atoms with van der Waals surface area (Å²) in [5.41, 5.74) is 0. The van der Waals surface area contributed by atoms with Gasteiger partial charge in [-0.15, -0.1) is 0 Å². The van der Waals surface area contributed by atoms with Crippen LogP contribution in [0, 0.1) is 0 Å². The van der Waals surface area contributed by atoms with Crippen molar-refractivity contribution < 1.29 is 9.36 Å². The Bertz CT molecular complexity index is 181. The molecule has 0 fully saturated rings. The SMILES string of the molecule is CCCP(=O)(Cl)CCC(=O)Cl. The number of hydrogen-bond acceptors (Lipinski definition) is 2. The van der Waals surface area contributed by atoms with E-state index in [1.54, 1.807) is 0 Å². The molecule has 66 valence electrons. The summed E-state index contributed by atoms with van der Waals surface area (Å²) in [6.07, 6.45) is 1.60. The molecule has 0 spiro atoms. The molecule has 0 aliphatic rings. The monoisotopic (exact) mass is 216 g/mol. The van der Waals surface area contributed by atoms with Crippen molar-refractivity contribution in [3.8, 4) is 0 Å². The number of carbonyl (C=O) groups excluding carboxylic acids is 1. The van der Waals surface area contributed by atoms with Gasteiger partial charge < -0.3 is 4.57 Å². The third kappa shape index (κ3) is 6.86. The van der Waals surface area contributed by atoms with Crippen molar-refractivity contribution in [2.75, 3.05) is 12.3 Å². The molecule has 0 amide bonds. The van der Waals surface area contributed by atoms with Crippen LogP contribution in [0.1, 0.15) is 19.8 Å². The lowest BCUT2D eigenvalue weighted by Gasteiger charge is -2.05. The van der Waals surface area contributed by atoms with Gasteiger partial charge in [0.15, 0.2) is 6.49 Å². The Morgan fingerprint density at radius 3 is 2.36 bits per heavy atom. The van der Waals surface area contributed by atoms with Crippen LogP contribution in [-0.2, 0) is 9.36 Å². The van der Waals surface area contributed by atoms with Crippen molar-refractivity contribution in [2.45, 2.75) is 19.8 Å². The standard InChI is InChI=1S/C6H11Cl2O2P/c1-2-4-11(8,10)5-3-6(7)9/h2-5H2,1H3. The lowest BCUT2D eigenvalue weighted by Crippen LogP contribution is -1.94. The predicted octanol–water partition coefficient (Wildman–Crippen LogP) is 3.07. The second kappa shape index (κ2) is 5.18. The number of halogens is 2. The van der Waals surface area contributed by atoms with E-state index in [1.165, 1.54) is 0 Å². The first-order valence-electron chi connectivity index (χ1n) is 3.44. The van der Waals surface area contributed by atoms with E-state index in [9.17, 15) is 9.36 Å². The molecule has 0 heterocycles. The van der Waals surface area contributed by atoms with E-state index < -0.39 is 11.7 Å². The molecule has 2 nitrogen and oxygen atoms in total. The van der Waals surface area contributed by atoms with Crippen molar-refractivity contribution in [1.29, 1.82) is 0 Å². The molecule has 5 heteroatoms. The average molecular weight is 217 g/mol. The fraction of sp³-hybridized carbons (Fsp3) is 0.833. The minimum atomic E-state index is -2.58. The molecule has 11 heavy (non-hydrogen) atoms. The summed E-state index contributed by atoms with van der Waals surface area (Å²) in [5.74, 6) is 0. The summed E-state index contributed by atoms with van der Waals surface area (Å²) in [7, 11) is 0. The Labute approximate surface area is 76.4 Å². The minimum absolute atomic E-state index is 0.113. The van der Waals surface area contributed by atoms with E-state index in [0.717, 1.165) is 6.42 Å². The fourth-order valence-corrected chi connectivity index (χ4v) is 3.12. The molecule has 0 aromatic carbocycles. The zero-order valence-electron chi connectivity index (χ0n) is 6.35. The second-order valence-electron chi connectivity index (χ2n) is 2.34. The Kier molecular flexibility index (Phi) is 5.41. The van der Waals surface area contributed by atoms with Crippen molar-refractivity contribution in [3.63, 3.8) is 0 Å². The molecule has 0 rings (SSSR count). The van der Waals surface area contributed by atoms with Gasteiger partial charge in [-0.2, -0.15) is 0 Å². The molecule has 0 N–H and O–H groups in total. The van der Waals surface area contributed by atoms with E-state index in [1.807, 2.05) is 6.92 Å². The lowest BCUT2D eigenvalue weighted by atomic mass is 10.5. The van der Waals surface area contributed by atoms with Crippen LogP contribution in [0.2, 0.25) is 0 Å². The molecule has 0 saturated heterocycles. The van der Waals surface area contributed by atoms with Gasteiger partial charge >= 0.3 is 0 Å². The van der Waals surface area contributed by atoms with E-state index in [-0.39, 0.29) is 12.6 Å². The van der Waals surface area contributed by atoms with Crippen LogP contribution in [0.15, 0.2) is 0 Å². The zero-order chi connectivity index (χ0) is 8.91. The van der Waals surface area contributed by atoms with Gasteiger partial charge in [0.2, 0.25) is 5.24 Å². The topological polar surface area (TPSA) is 34.1 Å². The van der Waals surface area contributed by atoms with Gasteiger partial charge in [0.25, 0.3) is 0 Å². The van der Waals surface area contributed by atoms with Crippen molar-refractivity contribution in [2.24, 2.45) is 0 Å². The molecule has 0 saturated carbocycles. The molecule has 1 unspecified atom stereocenters. The quantitative estimate of drug-likeness (QED) is 0.523. The molecule has 0 aliphatic heterocycles. The second-order valence-corrected chi connectivity index (χ2v) is 7.09. The van der Waals surface area contributed by atoms with Gasteiger partial charge in [0.1, 0.15) is 0 Å². The summed E-state index contributed by atoms with van der Waals surface area (Å²) in [5, 5.41) is -0.470. The highest BCUT2D eigenvalue weighted by atomic mass is 35.7. The van der Waals surface area contributed by atoms with Crippen LogP contribution in [0.3, 0.4) is 0 Å². The van der Waals surface area contributed by atoms with Gasteiger partial charge in [0, 0.05) is 18.7 Å². The minimum Gasteiger partial charge on any atom is -0.307 e. The first kappa shape index (κ1) is 11.5. The maximum atomic E-state index is 11.3. The lowest BCUT2D eigenvalue weighted by molar-refractivity contribution is -0.111. The van der Waals surface area contributed by atoms with Crippen LogP contribution in [-0.4, -0.2) is 17.6 Å². The van der Waals surface area contributed by atoms with Crippen LogP contribution in [0.25, 0.3) is 0 Å². The highest BCUT2D eigenvalue weighted by Crippen LogP contribution is 2.52. The molecule has 0 aliphatic carbocycles. The fourth-order valence-electron chi connectivity index (χ4n) is 0.701. The smallest absolute Gasteiger partial charge is 0.222 e. The van der Waals surface area contributed by atoms with E-state index in [4.69, 9.17) is 22.8 Å². The molecule has 1 atom stereocenters. The average Bonchev–Trinajstić information content (AvgIpc) is 1.84. The Morgan fingerprint density at radius 1 is 1.45 bits per heavy atom. The number of hydrogen-bond donors (Lipinski definition) is 0. The van der Waals surface area contributed by atoms with Gasteiger partial charge in [-0.05, 0) is 18.0 Å². The van der Waals surface area contributed by atoms with Crippen LogP contribution in [0.5, 0.6) is 0 Å². The van der Waals surface area contributed by atoms with Gasteiger partial charge in [0.05, 0.1) is 0 Å². The van der Waals surface area contributed by atoms with Crippen molar-refractivity contribution in [1.82, 2.24) is 0 Å². The summed E-state index contributed by atoms with van der Waals surface area (Å²) >= 11 is 10.7. The molecule has 0 aromatic rings. The van der Waals surface area contributed by atoms with Crippen LogP contribution >= 0.6 is 29.3 Å². The molecule has 0 radical (unpaired) electrons. The summed E-state index contributed by atoms with van der Waals surface area (Å²) < 4.78 is 11.3. The Balaban J connectivity index is 3.73. The van der Waals surface area contributed by atoms with E-state index in [2.05, 4.69) is 0 Å². The van der Waals surface area contributed by atoms with Crippen molar-refractivity contribution in [3.05, 3.63) is 0 Å². The molecular weight excluding hydrogens is 206 g/mol. The molecular formula is C6H11Cl2O2P. The maximum Gasteiger partial charge on any atom is 0.222 e.